The molecule has 1 aliphatic rings. The SMILES string of the molecule is Nc1ncnc2c1c(-c1ccc(Oc3c(F)c(F)cc(F)c3F)cc1F)nn2CCN1C(=O)C=CC1O. The number of amides is 1. The van der Waals surface area contributed by atoms with Crippen molar-refractivity contribution in [3.05, 3.63) is 71.8 Å². The minimum Gasteiger partial charge on any atom is -0.451 e. The minimum atomic E-state index is -1.78. The van der Waals surface area contributed by atoms with E-state index in [0.29, 0.717) is 0 Å². The molecule has 0 aliphatic carbocycles. The molecule has 2 aromatic carbocycles. The molecule has 0 bridgehead atoms. The number of carbonyl (C=O) groups is 1. The van der Waals surface area contributed by atoms with E-state index < -0.39 is 52.7 Å². The first-order chi connectivity index (χ1) is 17.7. The van der Waals surface area contributed by atoms with Crippen LogP contribution in [0.5, 0.6) is 11.5 Å². The Labute approximate surface area is 204 Å². The predicted octanol–water partition coefficient (Wildman–Crippen LogP) is 3.28. The summed E-state index contributed by atoms with van der Waals surface area (Å²) in [6.45, 7) is 0.105. The molecule has 190 valence electrons. The molecule has 3 N–H and O–H groups in total. The van der Waals surface area contributed by atoms with Gasteiger partial charge in [-0.1, -0.05) is 0 Å². The zero-order valence-corrected chi connectivity index (χ0v) is 18.5. The summed E-state index contributed by atoms with van der Waals surface area (Å²) in [5.41, 5.74) is 6.10. The lowest BCUT2D eigenvalue weighted by molar-refractivity contribution is -0.130. The lowest BCUT2D eigenvalue weighted by Crippen LogP contribution is -2.36. The Balaban J connectivity index is 1.50. The standard InChI is InChI=1S/C23H15F5N6O3/c24-12-7-10(37-21-18(27)13(25)8-14(26)19(21)28)1-2-11(12)20-17-22(29)30-9-31-23(17)34(32-20)6-5-33-15(35)3-4-16(33)36/h1-4,7-9,15,35H,5-6H2,(H2,29,30,31). The Morgan fingerprint density at radius 3 is 2.38 bits per heavy atom. The highest BCUT2D eigenvalue weighted by Crippen LogP contribution is 2.36. The molecule has 4 aromatic rings. The van der Waals surface area contributed by atoms with Crippen molar-refractivity contribution in [2.24, 2.45) is 0 Å². The number of aliphatic hydroxyl groups excluding tert-OH is 1. The van der Waals surface area contributed by atoms with Gasteiger partial charge in [0.05, 0.1) is 11.9 Å². The molecule has 0 saturated heterocycles. The molecule has 0 spiro atoms. The molecule has 2 aromatic heterocycles. The van der Waals surface area contributed by atoms with Gasteiger partial charge >= 0.3 is 0 Å². The van der Waals surface area contributed by atoms with E-state index in [1.54, 1.807) is 0 Å². The monoisotopic (exact) mass is 518 g/mol. The van der Waals surface area contributed by atoms with Crippen molar-refractivity contribution in [1.82, 2.24) is 24.6 Å². The van der Waals surface area contributed by atoms with Crippen LogP contribution in [0.4, 0.5) is 27.8 Å². The van der Waals surface area contributed by atoms with Crippen molar-refractivity contribution >= 4 is 22.8 Å². The van der Waals surface area contributed by atoms with Gasteiger partial charge in [-0.3, -0.25) is 4.79 Å². The number of aromatic nitrogens is 4. The number of nitrogens with two attached hydrogens (primary N) is 1. The number of aliphatic hydroxyl groups is 1. The fraction of sp³-hybridized carbons (Fsp3) is 0.130. The summed E-state index contributed by atoms with van der Waals surface area (Å²) >= 11 is 0. The molecule has 1 unspecified atom stereocenters. The minimum absolute atomic E-state index is 0.0118. The van der Waals surface area contributed by atoms with Gasteiger partial charge in [-0.15, -0.1) is 0 Å². The second-order valence-corrected chi connectivity index (χ2v) is 7.87. The van der Waals surface area contributed by atoms with Crippen LogP contribution in [-0.4, -0.2) is 48.4 Å². The molecule has 1 aliphatic heterocycles. The molecule has 3 heterocycles. The van der Waals surface area contributed by atoms with Gasteiger partial charge in [-0.2, -0.15) is 13.9 Å². The van der Waals surface area contributed by atoms with Gasteiger partial charge in [0.25, 0.3) is 0 Å². The first kappa shape index (κ1) is 24.1. The number of nitrogens with zero attached hydrogens (tertiary/aromatic N) is 5. The molecule has 0 saturated carbocycles. The molecule has 1 atom stereocenters. The summed E-state index contributed by atoms with van der Waals surface area (Å²) in [6.07, 6.45) is 2.63. The zero-order chi connectivity index (χ0) is 26.4. The Morgan fingerprint density at radius 2 is 1.73 bits per heavy atom. The Morgan fingerprint density at radius 1 is 1.00 bits per heavy atom. The van der Waals surface area contributed by atoms with Crippen molar-refractivity contribution < 1.29 is 36.6 Å². The van der Waals surface area contributed by atoms with Gasteiger partial charge in [-0.05, 0) is 18.2 Å². The number of nitrogen functional groups attached to an aromatic ring is 1. The van der Waals surface area contributed by atoms with Gasteiger partial charge in [0.2, 0.25) is 23.3 Å². The van der Waals surface area contributed by atoms with E-state index in [2.05, 4.69) is 15.1 Å². The van der Waals surface area contributed by atoms with E-state index in [1.807, 2.05) is 0 Å². The number of halogens is 5. The average Bonchev–Trinajstić information content (AvgIpc) is 3.39. The normalized spacial score (nSPS) is 15.2. The fourth-order valence-corrected chi connectivity index (χ4v) is 3.83. The third-order valence-corrected chi connectivity index (χ3v) is 5.61. The van der Waals surface area contributed by atoms with Crippen molar-refractivity contribution in [2.45, 2.75) is 12.8 Å². The summed E-state index contributed by atoms with van der Waals surface area (Å²) in [6, 6.07) is 3.03. The van der Waals surface area contributed by atoms with Gasteiger partial charge in [0, 0.05) is 30.3 Å². The number of anilines is 1. The smallest absolute Gasteiger partial charge is 0.248 e. The van der Waals surface area contributed by atoms with Crippen LogP contribution in [0.3, 0.4) is 0 Å². The number of hydrogen-bond donors (Lipinski definition) is 2. The number of benzene rings is 2. The van der Waals surface area contributed by atoms with Gasteiger partial charge in [0.15, 0.2) is 17.3 Å². The number of carbonyl (C=O) groups excluding carboxylic acids is 1. The highest BCUT2D eigenvalue weighted by atomic mass is 19.2. The largest absolute Gasteiger partial charge is 0.451 e. The molecule has 1 amide bonds. The quantitative estimate of drug-likeness (QED) is 0.297. The van der Waals surface area contributed by atoms with Crippen molar-refractivity contribution in [3.63, 3.8) is 0 Å². The second-order valence-electron chi connectivity index (χ2n) is 7.87. The summed E-state index contributed by atoms with van der Waals surface area (Å²) in [5.74, 6) is -10.1. The van der Waals surface area contributed by atoms with E-state index in [0.717, 1.165) is 18.2 Å². The van der Waals surface area contributed by atoms with Crippen LogP contribution < -0.4 is 10.5 Å². The van der Waals surface area contributed by atoms with Crippen LogP contribution in [0.15, 0.2) is 42.7 Å². The fourth-order valence-electron chi connectivity index (χ4n) is 3.83. The third-order valence-electron chi connectivity index (χ3n) is 5.61. The number of rotatable bonds is 6. The zero-order valence-electron chi connectivity index (χ0n) is 18.5. The van der Waals surface area contributed by atoms with Crippen LogP contribution in [0.25, 0.3) is 22.3 Å². The van der Waals surface area contributed by atoms with Crippen LogP contribution in [0.1, 0.15) is 0 Å². The molecule has 5 rings (SSSR count). The Kier molecular flexibility index (Phi) is 5.95. The lowest BCUT2D eigenvalue weighted by Gasteiger charge is -2.20. The van der Waals surface area contributed by atoms with E-state index in [1.165, 1.54) is 28.1 Å². The highest BCUT2D eigenvalue weighted by Gasteiger charge is 2.26. The lowest BCUT2D eigenvalue weighted by atomic mass is 10.1. The van der Waals surface area contributed by atoms with E-state index in [9.17, 15) is 27.5 Å². The van der Waals surface area contributed by atoms with E-state index >= 15 is 4.39 Å². The highest BCUT2D eigenvalue weighted by molar-refractivity contribution is 5.98. The molecule has 9 nitrogen and oxygen atoms in total. The molecule has 0 fully saturated rings. The van der Waals surface area contributed by atoms with E-state index in [4.69, 9.17) is 10.5 Å². The summed E-state index contributed by atoms with van der Waals surface area (Å²) in [5, 5.41) is 14.4. The van der Waals surface area contributed by atoms with Crippen LogP contribution in [0, 0.1) is 29.1 Å². The molecule has 14 heteroatoms. The summed E-state index contributed by atoms with van der Waals surface area (Å²) in [7, 11) is 0. The van der Waals surface area contributed by atoms with Crippen LogP contribution >= 0.6 is 0 Å². The second kappa shape index (κ2) is 9.13. The van der Waals surface area contributed by atoms with Crippen LogP contribution in [0.2, 0.25) is 0 Å². The summed E-state index contributed by atoms with van der Waals surface area (Å²) < 4.78 is 76.2. The molecule has 0 radical (unpaired) electrons. The molecular weight excluding hydrogens is 503 g/mol. The maximum absolute atomic E-state index is 15.2. The number of hydrogen-bond acceptors (Lipinski definition) is 7. The van der Waals surface area contributed by atoms with Gasteiger partial charge in [0.1, 0.15) is 35.6 Å². The maximum Gasteiger partial charge on any atom is 0.248 e. The Hall–Kier alpha value is -4.59. The molecule has 37 heavy (non-hydrogen) atoms. The topological polar surface area (TPSA) is 119 Å². The van der Waals surface area contributed by atoms with Crippen molar-refractivity contribution in [3.8, 4) is 22.8 Å². The third kappa shape index (κ3) is 4.20. The van der Waals surface area contributed by atoms with Crippen LogP contribution in [-0.2, 0) is 11.3 Å². The first-order valence-electron chi connectivity index (χ1n) is 10.6. The number of fused-ring (bicyclic) bond motifs is 1. The van der Waals surface area contributed by atoms with Crippen molar-refractivity contribution in [1.29, 1.82) is 0 Å². The van der Waals surface area contributed by atoms with Gasteiger partial charge < -0.3 is 20.5 Å². The van der Waals surface area contributed by atoms with Crippen molar-refractivity contribution in [2.75, 3.05) is 12.3 Å². The van der Waals surface area contributed by atoms with Gasteiger partial charge in [-0.25, -0.2) is 27.8 Å². The number of ether oxygens (including phenoxy) is 1. The first-order valence-corrected chi connectivity index (χ1v) is 10.6. The predicted molar refractivity (Wildman–Crippen MR) is 118 cm³/mol. The molecular formula is C23H15F5N6O3. The Bertz CT molecular complexity index is 1570. The average molecular weight is 518 g/mol. The van der Waals surface area contributed by atoms with E-state index in [-0.39, 0.29) is 47.3 Å². The summed E-state index contributed by atoms with van der Waals surface area (Å²) in [4.78, 5) is 21.1. The maximum atomic E-state index is 15.2.